The summed E-state index contributed by atoms with van der Waals surface area (Å²) in [5, 5.41) is 14.9. The molecule has 0 radical (unpaired) electrons. The Kier molecular flexibility index (Phi) is 4.25. The monoisotopic (exact) mass is 290 g/mol. The van der Waals surface area contributed by atoms with Crippen molar-refractivity contribution in [3.8, 4) is 0 Å². The summed E-state index contributed by atoms with van der Waals surface area (Å²) in [6, 6.07) is 11.0. The predicted molar refractivity (Wildman–Crippen MR) is 81.3 cm³/mol. The van der Waals surface area contributed by atoms with Crippen molar-refractivity contribution in [3.05, 3.63) is 68.2 Å². The molecule has 5 heteroatoms. The van der Waals surface area contributed by atoms with Crippen molar-refractivity contribution in [1.82, 2.24) is 0 Å². The van der Waals surface area contributed by atoms with Crippen LogP contribution >= 0.6 is 11.6 Å². The first kappa shape index (κ1) is 14.3. The summed E-state index contributed by atoms with van der Waals surface area (Å²) in [5.74, 6) is 0. The molecule has 0 saturated carbocycles. The lowest BCUT2D eigenvalue weighted by Crippen LogP contribution is -2.02. The van der Waals surface area contributed by atoms with Gasteiger partial charge in [-0.25, -0.2) is 0 Å². The van der Waals surface area contributed by atoms with E-state index in [9.17, 15) is 10.1 Å². The Labute approximate surface area is 122 Å². The van der Waals surface area contributed by atoms with Crippen LogP contribution < -0.4 is 5.32 Å². The van der Waals surface area contributed by atoms with Gasteiger partial charge in [0.05, 0.1) is 4.92 Å². The lowest BCUT2D eigenvalue weighted by molar-refractivity contribution is -0.385. The summed E-state index contributed by atoms with van der Waals surface area (Å²) in [4.78, 5) is 10.5. The molecule has 104 valence electrons. The zero-order valence-corrected chi connectivity index (χ0v) is 12.1. The van der Waals surface area contributed by atoms with Gasteiger partial charge in [-0.1, -0.05) is 23.7 Å². The SMILES string of the molecule is Cc1cc([N+](=O)[O-])c(C)cc1NCc1ccc(Cl)cc1. The van der Waals surface area contributed by atoms with Gasteiger partial charge in [0.1, 0.15) is 0 Å². The number of anilines is 1. The molecule has 0 amide bonds. The Morgan fingerprint density at radius 3 is 2.40 bits per heavy atom. The van der Waals surface area contributed by atoms with Gasteiger partial charge >= 0.3 is 0 Å². The van der Waals surface area contributed by atoms with Gasteiger partial charge in [0, 0.05) is 28.9 Å². The van der Waals surface area contributed by atoms with Crippen molar-refractivity contribution in [2.75, 3.05) is 5.32 Å². The van der Waals surface area contributed by atoms with E-state index in [2.05, 4.69) is 5.32 Å². The van der Waals surface area contributed by atoms with Crippen LogP contribution in [0.25, 0.3) is 0 Å². The number of rotatable bonds is 4. The molecule has 0 unspecified atom stereocenters. The molecule has 0 saturated heterocycles. The van der Waals surface area contributed by atoms with Crippen LogP contribution in [0.3, 0.4) is 0 Å². The van der Waals surface area contributed by atoms with Gasteiger partial charge in [-0.05, 0) is 43.2 Å². The third kappa shape index (κ3) is 3.27. The maximum absolute atomic E-state index is 10.9. The number of nitro groups is 1. The molecule has 4 nitrogen and oxygen atoms in total. The van der Waals surface area contributed by atoms with E-state index in [-0.39, 0.29) is 10.6 Å². The van der Waals surface area contributed by atoms with Gasteiger partial charge in [-0.2, -0.15) is 0 Å². The van der Waals surface area contributed by atoms with E-state index in [1.54, 1.807) is 13.0 Å². The average Bonchev–Trinajstić information content (AvgIpc) is 2.41. The average molecular weight is 291 g/mol. The minimum Gasteiger partial charge on any atom is -0.381 e. The molecular weight excluding hydrogens is 276 g/mol. The Morgan fingerprint density at radius 2 is 1.80 bits per heavy atom. The van der Waals surface area contributed by atoms with Gasteiger partial charge in [-0.3, -0.25) is 10.1 Å². The van der Waals surface area contributed by atoms with Crippen molar-refractivity contribution < 1.29 is 4.92 Å². The Bertz CT molecular complexity index is 639. The van der Waals surface area contributed by atoms with E-state index in [0.717, 1.165) is 16.8 Å². The largest absolute Gasteiger partial charge is 0.381 e. The molecule has 0 fully saturated rings. The van der Waals surface area contributed by atoms with Crippen LogP contribution in [0.15, 0.2) is 36.4 Å². The second-order valence-corrected chi connectivity index (χ2v) is 5.13. The molecule has 2 rings (SSSR count). The Morgan fingerprint density at radius 1 is 1.15 bits per heavy atom. The standard InChI is InChI=1S/C15H15ClN2O2/c1-10-8-15(18(19)20)11(2)7-14(10)17-9-12-3-5-13(16)6-4-12/h3-8,17H,9H2,1-2H3. The molecule has 2 aromatic carbocycles. The molecule has 0 heterocycles. The number of hydrogen-bond acceptors (Lipinski definition) is 3. The van der Waals surface area contributed by atoms with Crippen LogP contribution in [0.2, 0.25) is 5.02 Å². The van der Waals surface area contributed by atoms with E-state index in [1.807, 2.05) is 37.3 Å². The number of nitro benzene ring substituents is 1. The summed E-state index contributed by atoms with van der Waals surface area (Å²) >= 11 is 5.84. The highest BCUT2D eigenvalue weighted by molar-refractivity contribution is 6.30. The van der Waals surface area contributed by atoms with Gasteiger partial charge in [0.15, 0.2) is 0 Å². The molecule has 0 atom stereocenters. The summed E-state index contributed by atoms with van der Waals surface area (Å²) < 4.78 is 0. The first-order valence-corrected chi connectivity index (χ1v) is 6.59. The predicted octanol–water partition coefficient (Wildman–Crippen LogP) is 4.48. The smallest absolute Gasteiger partial charge is 0.272 e. The minimum atomic E-state index is -0.356. The fourth-order valence-corrected chi connectivity index (χ4v) is 2.11. The molecule has 2 aromatic rings. The van der Waals surface area contributed by atoms with Gasteiger partial charge in [-0.15, -0.1) is 0 Å². The van der Waals surface area contributed by atoms with Crippen molar-refractivity contribution in [2.45, 2.75) is 20.4 Å². The molecule has 0 aliphatic rings. The van der Waals surface area contributed by atoms with E-state index < -0.39 is 0 Å². The lowest BCUT2D eigenvalue weighted by atomic mass is 10.1. The number of hydrogen-bond donors (Lipinski definition) is 1. The quantitative estimate of drug-likeness (QED) is 0.667. The van der Waals surface area contributed by atoms with E-state index in [4.69, 9.17) is 11.6 Å². The van der Waals surface area contributed by atoms with Crippen LogP contribution in [0.5, 0.6) is 0 Å². The fraction of sp³-hybridized carbons (Fsp3) is 0.200. The Hall–Kier alpha value is -2.07. The van der Waals surface area contributed by atoms with Crippen LogP contribution in [0.4, 0.5) is 11.4 Å². The van der Waals surface area contributed by atoms with Crippen LogP contribution in [0.1, 0.15) is 16.7 Å². The third-order valence-corrected chi connectivity index (χ3v) is 3.39. The first-order valence-electron chi connectivity index (χ1n) is 6.21. The van der Waals surface area contributed by atoms with Crippen LogP contribution in [-0.4, -0.2) is 4.92 Å². The van der Waals surface area contributed by atoms with Crippen molar-refractivity contribution >= 4 is 23.0 Å². The second-order valence-electron chi connectivity index (χ2n) is 4.69. The number of halogens is 1. The lowest BCUT2D eigenvalue weighted by Gasteiger charge is -2.11. The summed E-state index contributed by atoms with van der Waals surface area (Å²) in [6.07, 6.45) is 0. The van der Waals surface area contributed by atoms with Crippen molar-refractivity contribution in [3.63, 3.8) is 0 Å². The summed E-state index contributed by atoms with van der Waals surface area (Å²) in [6.45, 7) is 4.25. The number of nitrogens with zero attached hydrogens (tertiary/aromatic N) is 1. The van der Waals surface area contributed by atoms with E-state index >= 15 is 0 Å². The molecule has 0 aliphatic carbocycles. The molecule has 0 spiro atoms. The maximum atomic E-state index is 10.9. The molecule has 0 aliphatic heterocycles. The summed E-state index contributed by atoms with van der Waals surface area (Å²) in [7, 11) is 0. The molecular formula is C15H15ClN2O2. The number of benzene rings is 2. The zero-order chi connectivity index (χ0) is 14.7. The topological polar surface area (TPSA) is 55.2 Å². The molecule has 0 aromatic heterocycles. The Balaban J connectivity index is 2.16. The van der Waals surface area contributed by atoms with Crippen molar-refractivity contribution in [2.24, 2.45) is 0 Å². The number of nitrogens with one attached hydrogen (secondary N) is 1. The maximum Gasteiger partial charge on any atom is 0.272 e. The van der Waals surface area contributed by atoms with E-state index in [1.165, 1.54) is 0 Å². The van der Waals surface area contributed by atoms with Crippen LogP contribution in [-0.2, 0) is 6.54 Å². The molecule has 1 N–H and O–H groups in total. The van der Waals surface area contributed by atoms with E-state index in [0.29, 0.717) is 17.1 Å². The fourth-order valence-electron chi connectivity index (χ4n) is 1.99. The first-order chi connectivity index (χ1) is 9.47. The van der Waals surface area contributed by atoms with Crippen LogP contribution in [0, 0.1) is 24.0 Å². The van der Waals surface area contributed by atoms with Gasteiger partial charge < -0.3 is 5.32 Å². The highest BCUT2D eigenvalue weighted by Gasteiger charge is 2.12. The normalized spacial score (nSPS) is 10.3. The third-order valence-electron chi connectivity index (χ3n) is 3.14. The zero-order valence-electron chi connectivity index (χ0n) is 11.3. The van der Waals surface area contributed by atoms with Crippen molar-refractivity contribution in [1.29, 1.82) is 0 Å². The highest BCUT2D eigenvalue weighted by Crippen LogP contribution is 2.26. The molecule has 0 bridgehead atoms. The van der Waals surface area contributed by atoms with Gasteiger partial charge in [0.25, 0.3) is 5.69 Å². The number of aryl methyl sites for hydroxylation is 2. The van der Waals surface area contributed by atoms with Gasteiger partial charge in [0.2, 0.25) is 0 Å². The second kappa shape index (κ2) is 5.92. The minimum absolute atomic E-state index is 0.152. The summed E-state index contributed by atoms with van der Waals surface area (Å²) in [5.41, 5.74) is 3.67. The highest BCUT2D eigenvalue weighted by atomic mass is 35.5. The molecule has 20 heavy (non-hydrogen) atoms.